The van der Waals surface area contributed by atoms with Crippen molar-refractivity contribution < 1.29 is 5.11 Å². The lowest BCUT2D eigenvalue weighted by Crippen LogP contribution is -2.31. The smallest absolute Gasteiger partial charge is 0.137 e. The largest absolute Gasteiger partial charge is 0.508 e. The molecule has 1 aromatic carbocycles. The Bertz CT molecular complexity index is 564. The Labute approximate surface area is 105 Å². The van der Waals surface area contributed by atoms with Crippen molar-refractivity contribution in [3.8, 4) is 5.75 Å². The number of para-hydroxylation sites is 1. The number of phenolic OH excluding ortho intramolecular Hbond substituents is 1. The zero-order chi connectivity index (χ0) is 12.5. The molecule has 0 aliphatic carbocycles. The Morgan fingerprint density at radius 1 is 1.33 bits per heavy atom. The third-order valence-electron chi connectivity index (χ3n) is 3.41. The lowest BCUT2D eigenvalue weighted by molar-refractivity contribution is 0.451. The van der Waals surface area contributed by atoms with E-state index < -0.39 is 0 Å². The lowest BCUT2D eigenvalue weighted by Gasteiger charge is -2.20. The van der Waals surface area contributed by atoms with Crippen molar-refractivity contribution in [3.05, 3.63) is 41.5 Å². The van der Waals surface area contributed by atoms with Gasteiger partial charge in [0.2, 0.25) is 0 Å². The van der Waals surface area contributed by atoms with Crippen LogP contribution >= 0.6 is 0 Å². The van der Waals surface area contributed by atoms with Crippen molar-refractivity contribution >= 4 is 0 Å². The van der Waals surface area contributed by atoms with E-state index in [0.29, 0.717) is 12.2 Å². The first-order chi connectivity index (χ1) is 8.74. The molecule has 0 radical (unpaired) electrons. The lowest BCUT2D eigenvalue weighted by atomic mass is 10.1. The van der Waals surface area contributed by atoms with Gasteiger partial charge in [0, 0.05) is 31.0 Å². The highest BCUT2D eigenvalue weighted by Crippen LogP contribution is 2.21. The molecular formula is C13H16N4O. The number of phenols is 1. The van der Waals surface area contributed by atoms with Crippen LogP contribution in [0.15, 0.2) is 24.3 Å². The van der Waals surface area contributed by atoms with Crippen LogP contribution in [0.4, 0.5) is 0 Å². The minimum atomic E-state index is 0.194. The van der Waals surface area contributed by atoms with Crippen LogP contribution in [0, 0.1) is 0 Å². The number of fused-ring (bicyclic) bond motifs is 1. The Hall–Kier alpha value is -1.88. The maximum absolute atomic E-state index is 9.78. The zero-order valence-corrected chi connectivity index (χ0v) is 10.1. The predicted molar refractivity (Wildman–Crippen MR) is 67.2 cm³/mol. The quantitative estimate of drug-likeness (QED) is 0.821. The highest BCUT2D eigenvalue weighted by molar-refractivity contribution is 5.34. The first-order valence-electron chi connectivity index (χ1n) is 6.17. The van der Waals surface area contributed by atoms with Gasteiger partial charge in [-0.05, 0) is 12.5 Å². The number of rotatable bonds is 2. The Kier molecular flexibility index (Phi) is 2.76. The van der Waals surface area contributed by atoms with Gasteiger partial charge in [0.15, 0.2) is 0 Å². The molecule has 18 heavy (non-hydrogen) atoms. The Morgan fingerprint density at radius 3 is 3.00 bits per heavy atom. The van der Waals surface area contributed by atoms with Crippen molar-refractivity contribution in [2.45, 2.75) is 31.8 Å². The number of benzene rings is 1. The average molecular weight is 244 g/mol. The van der Waals surface area contributed by atoms with E-state index in [1.165, 1.54) is 0 Å². The van der Waals surface area contributed by atoms with Gasteiger partial charge in [-0.3, -0.25) is 0 Å². The zero-order valence-electron chi connectivity index (χ0n) is 10.1. The number of aromatic nitrogens is 3. The van der Waals surface area contributed by atoms with Gasteiger partial charge < -0.3 is 15.4 Å². The van der Waals surface area contributed by atoms with Gasteiger partial charge in [-0.25, -0.2) is 0 Å². The van der Waals surface area contributed by atoms with Crippen molar-refractivity contribution in [1.82, 2.24) is 14.8 Å². The summed E-state index contributed by atoms with van der Waals surface area (Å²) in [5.74, 6) is 2.17. The molecule has 3 rings (SSSR count). The van der Waals surface area contributed by atoms with E-state index in [0.717, 1.165) is 36.6 Å². The van der Waals surface area contributed by atoms with Crippen LogP contribution in [0.25, 0.3) is 0 Å². The predicted octanol–water partition coefficient (Wildman–Crippen LogP) is 0.848. The SMILES string of the molecule is NC1CCn2c(Cc3ccccc3O)nnc2C1. The second-order valence-corrected chi connectivity index (χ2v) is 4.74. The molecule has 1 atom stereocenters. The normalized spacial score (nSPS) is 18.6. The topological polar surface area (TPSA) is 77.0 Å². The van der Waals surface area contributed by atoms with Crippen molar-refractivity contribution in [3.63, 3.8) is 0 Å². The van der Waals surface area contributed by atoms with E-state index in [9.17, 15) is 5.11 Å². The summed E-state index contributed by atoms with van der Waals surface area (Å²) in [7, 11) is 0. The fraction of sp³-hybridized carbons (Fsp3) is 0.385. The van der Waals surface area contributed by atoms with Crippen LogP contribution < -0.4 is 5.73 Å². The molecule has 1 aliphatic heterocycles. The fourth-order valence-corrected chi connectivity index (χ4v) is 2.37. The standard InChI is InChI=1S/C13H16N4O/c14-10-5-6-17-12(15-16-13(17)8-10)7-9-3-1-2-4-11(9)18/h1-4,10,18H,5-8,14H2. The van der Waals surface area contributed by atoms with Crippen LogP contribution in [0.5, 0.6) is 5.75 Å². The maximum Gasteiger partial charge on any atom is 0.137 e. The fourth-order valence-electron chi connectivity index (χ4n) is 2.37. The highest BCUT2D eigenvalue weighted by Gasteiger charge is 2.20. The van der Waals surface area contributed by atoms with E-state index in [1.807, 2.05) is 18.2 Å². The molecule has 0 saturated carbocycles. The molecule has 0 saturated heterocycles. The molecule has 1 unspecified atom stereocenters. The number of nitrogens with zero attached hydrogens (tertiary/aromatic N) is 3. The molecule has 3 N–H and O–H groups in total. The van der Waals surface area contributed by atoms with Gasteiger partial charge >= 0.3 is 0 Å². The first-order valence-corrected chi connectivity index (χ1v) is 6.17. The van der Waals surface area contributed by atoms with Gasteiger partial charge in [0.05, 0.1) is 0 Å². The van der Waals surface area contributed by atoms with Crippen molar-refractivity contribution in [2.75, 3.05) is 0 Å². The Balaban J connectivity index is 1.88. The molecule has 2 aromatic rings. The van der Waals surface area contributed by atoms with Gasteiger partial charge in [0.1, 0.15) is 17.4 Å². The van der Waals surface area contributed by atoms with Crippen LogP contribution in [-0.2, 0) is 19.4 Å². The number of aromatic hydroxyl groups is 1. The van der Waals surface area contributed by atoms with Crippen LogP contribution in [0.1, 0.15) is 23.6 Å². The molecule has 94 valence electrons. The summed E-state index contributed by atoms with van der Waals surface area (Å²) >= 11 is 0. The maximum atomic E-state index is 9.78. The molecule has 5 nitrogen and oxygen atoms in total. The van der Waals surface area contributed by atoms with E-state index in [4.69, 9.17) is 5.73 Å². The van der Waals surface area contributed by atoms with Crippen molar-refractivity contribution in [2.24, 2.45) is 5.73 Å². The van der Waals surface area contributed by atoms with Crippen LogP contribution in [-0.4, -0.2) is 25.9 Å². The van der Waals surface area contributed by atoms with Gasteiger partial charge in [0.25, 0.3) is 0 Å². The summed E-state index contributed by atoms with van der Waals surface area (Å²) in [5, 5.41) is 18.2. The average Bonchev–Trinajstić information content (AvgIpc) is 2.74. The summed E-state index contributed by atoms with van der Waals surface area (Å²) in [6.45, 7) is 0.867. The van der Waals surface area contributed by atoms with Crippen LogP contribution in [0.2, 0.25) is 0 Å². The van der Waals surface area contributed by atoms with Gasteiger partial charge in [-0.1, -0.05) is 18.2 Å². The summed E-state index contributed by atoms with van der Waals surface area (Å²) in [5.41, 5.74) is 6.79. The van der Waals surface area contributed by atoms with E-state index in [-0.39, 0.29) is 6.04 Å². The summed E-state index contributed by atoms with van der Waals surface area (Å²) in [4.78, 5) is 0. The van der Waals surface area contributed by atoms with E-state index in [2.05, 4.69) is 14.8 Å². The highest BCUT2D eigenvalue weighted by atomic mass is 16.3. The minimum Gasteiger partial charge on any atom is -0.508 e. The number of hydrogen-bond donors (Lipinski definition) is 2. The van der Waals surface area contributed by atoms with Gasteiger partial charge in [-0.2, -0.15) is 0 Å². The van der Waals surface area contributed by atoms with E-state index in [1.54, 1.807) is 6.07 Å². The molecule has 1 aliphatic rings. The summed E-state index contributed by atoms with van der Waals surface area (Å²) < 4.78 is 2.12. The molecule has 0 fully saturated rings. The molecule has 1 aromatic heterocycles. The van der Waals surface area contributed by atoms with Crippen LogP contribution in [0.3, 0.4) is 0 Å². The molecule has 5 heteroatoms. The van der Waals surface area contributed by atoms with Crippen molar-refractivity contribution in [1.29, 1.82) is 0 Å². The first kappa shape index (κ1) is 11.2. The second kappa shape index (κ2) is 4.42. The third kappa shape index (κ3) is 1.97. The third-order valence-corrected chi connectivity index (χ3v) is 3.41. The summed E-state index contributed by atoms with van der Waals surface area (Å²) in [6.07, 6.45) is 2.35. The Morgan fingerprint density at radius 2 is 2.17 bits per heavy atom. The molecule has 2 heterocycles. The number of nitrogens with two attached hydrogens (primary N) is 1. The second-order valence-electron chi connectivity index (χ2n) is 4.74. The van der Waals surface area contributed by atoms with E-state index >= 15 is 0 Å². The summed E-state index contributed by atoms with van der Waals surface area (Å²) in [6, 6.07) is 7.53. The molecular weight excluding hydrogens is 228 g/mol. The minimum absolute atomic E-state index is 0.194. The number of hydrogen-bond acceptors (Lipinski definition) is 4. The molecule has 0 amide bonds. The monoisotopic (exact) mass is 244 g/mol. The molecule has 0 spiro atoms. The molecule has 0 bridgehead atoms. The van der Waals surface area contributed by atoms with Gasteiger partial charge in [-0.15, -0.1) is 10.2 Å².